The van der Waals surface area contributed by atoms with Gasteiger partial charge in [-0.3, -0.25) is 4.79 Å². The molecule has 3 heterocycles. The van der Waals surface area contributed by atoms with Gasteiger partial charge in [0.05, 0.1) is 38.6 Å². The summed E-state index contributed by atoms with van der Waals surface area (Å²) in [4.78, 5) is 13.5. The third-order valence-electron chi connectivity index (χ3n) is 19.6. The Labute approximate surface area is 563 Å². The molecule has 0 aromatic carbocycles. The zero-order chi connectivity index (χ0) is 67.5. The highest BCUT2D eigenvalue weighted by Crippen LogP contribution is 2.33. The van der Waals surface area contributed by atoms with Crippen molar-refractivity contribution in [1.29, 1.82) is 0 Å². The van der Waals surface area contributed by atoms with Crippen molar-refractivity contribution in [2.24, 2.45) is 0 Å². The van der Waals surface area contributed by atoms with Crippen LogP contribution in [0.25, 0.3) is 0 Å². The van der Waals surface area contributed by atoms with Crippen LogP contribution in [0.1, 0.15) is 322 Å². The fraction of sp³-hybridized carbons (Fsp3) is 0.959. The standard InChI is InChI=1S/C74H141NO18/c1-3-5-7-9-11-13-15-17-19-21-22-23-24-25-26-27-28-29-30-31-32-33-34-36-38-40-42-44-46-48-50-52-62(80)75-57(58(79)51-49-47-45-43-41-39-37-35-20-18-16-14-12-10-8-6-4-2)56-88-72-68(86)65(83)70(60(54-77)90-72)93-74-69(87)66(84)71(61(55-78)91-74)92-73-67(85)64(82)63(81)59(53-76)89-73/h21-22,57-61,63-74,76-79,81-87H,3-20,23-56H2,1-2H3,(H,75,80)/b22-21-. The molecule has 0 aromatic heterocycles. The van der Waals surface area contributed by atoms with Crippen LogP contribution < -0.4 is 5.32 Å². The summed E-state index contributed by atoms with van der Waals surface area (Å²) in [5.74, 6) is -0.236. The Kier molecular flexibility index (Phi) is 51.9. The predicted molar refractivity (Wildman–Crippen MR) is 365 cm³/mol. The molecule has 3 rings (SSSR count). The highest BCUT2D eigenvalue weighted by Gasteiger charge is 2.53. The maximum Gasteiger partial charge on any atom is 0.220 e. The van der Waals surface area contributed by atoms with Gasteiger partial charge in [-0.1, -0.05) is 289 Å². The molecule has 19 nitrogen and oxygen atoms in total. The number of allylic oxidation sites excluding steroid dienone is 2. The quantitative estimate of drug-likeness (QED) is 0.0199. The van der Waals surface area contributed by atoms with Gasteiger partial charge in [-0.15, -0.1) is 0 Å². The van der Waals surface area contributed by atoms with Gasteiger partial charge in [-0.2, -0.15) is 0 Å². The van der Waals surface area contributed by atoms with Crippen molar-refractivity contribution in [3.63, 3.8) is 0 Å². The van der Waals surface area contributed by atoms with Gasteiger partial charge in [0, 0.05) is 6.42 Å². The number of unbranched alkanes of at least 4 members (excludes halogenated alkanes) is 43. The molecule has 0 radical (unpaired) electrons. The van der Waals surface area contributed by atoms with E-state index < -0.39 is 124 Å². The molecule has 3 aliphatic heterocycles. The topological polar surface area (TPSA) is 307 Å². The molecule has 0 spiro atoms. The second-order valence-corrected chi connectivity index (χ2v) is 27.8. The lowest BCUT2D eigenvalue weighted by Gasteiger charge is -2.48. The number of rotatable bonds is 61. The molecule has 3 fully saturated rings. The van der Waals surface area contributed by atoms with Gasteiger partial charge in [-0.25, -0.2) is 0 Å². The second kappa shape index (κ2) is 56.3. The summed E-state index contributed by atoms with van der Waals surface area (Å²) in [5.41, 5.74) is 0. The number of hydrogen-bond donors (Lipinski definition) is 12. The van der Waals surface area contributed by atoms with Crippen LogP contribution in [-0.2, 0) is 33.2 Å². The van der Waals surface area contributed by atoms with Gasteiger partial charge < -0.3 is 89.9 Å². The van der Waals surface area contributed by atoms with Crippen molar-refractivity contribution >= 4 is 5.91 Å². The first-order valence-electron chi connectivity index (χ1n) is 38.4. The van der Waals surface area contributed by atoms with Gasteiger partial charge in [-0.05, 0) is 38.5 Å². The normalized spacial score (nSPS) is 27.5. The lowest BCUT2D eigenvalue weighted by molar-refractivity contribution is -0.379. The van der Waals surface area contributed by atoms with Gasteiger partial charge in [0.25, 0.3) is 0 Å². The van der Waals surface area contributed by atoms with Crippen molar-refractivity contribution in [3.8, 4) is 0 Å². The molecule has 17 unspecified atom stereocenters. The molecular weight excluding hydrogens is 1190 g/mol. The Balaban J connectivity index is 1.35. The minimum absolute atomic E-state index is 0.236. The minimum atomic E-state index is -1.97. The molecule has 550 valence electrons. The van der Waals surface area contributed by atoms with Crippen molar-refractivity contribution in [3.05, 3.63) is 12.2 Å². The Morgan fingerprint density at radius 2 is 0.677 bits per heavy atom. The van der Waals surface area contributed by atoms with E-state index in [2.05, 4.69) is 31.3 Å². The molecule has 0 bridgehead atoms. The van der Waals surface area contributed by atoms with Crippen LogP contribution in [0.2, 0.25) is 0 Å². The highest BCUT2D eigenvalue weighted by molar-refractivity contribution is 5.76. The summed E-state index contributed by atoms with van der Waals surface area (Å²) in [7, 11) is 0. The summed E-state index contributed by atoms with van der Waals surface area (Å²) in [6.45, 7) is 1.85. The van der Waals surface area contributed by atoms with Gasteiger partial charge in [0.1, 0.15) is 73.2 Å². The number of carbonyl (C=O) groups is 1. The van der Waals surface area contributed by atoms with Crippen molar-refractivity contribution < 1.29 is 89.4 Å². The predicted octanol–water partition coefficient (Wildman–Crippen LogP) is 11.6. The number of amides is 1. The van der Waals surface area contributed by atoms with Crippen molar-refractivity contribution in [2.45, 2.75) is 426 Å². The van der Waals surface area contributed by atoms with E-state index in [4.69, 9.17) is 28.4 Å². The van der Waals surface area contributed by atoms with E-state index in [0.29, 0.717) is 12.8 Å². The summed E-state index contributed by atoms with van der Waals surface area (Å²) >= 11 is 0. The molecule has 0 aliphatic carbocycles. The largest absolute Gasteiger partial charge is 0.394 e. The molecular formula is C74H141NO18. The number of hydrogen-bond acceptors (Lipinski definition) is 18. The summed E-state index contributed by atoms with van der Waals surface area (Å²) in [5, 5.41) is 121. The number of aliphatic hydroxyl groups is 11. The summed E-state index contributed by atoms with van der Waals surface area (Å²) in [6.07, 6.45) is 37.3. The lowest BCUT2D eigenvalue weighted by Crippen LogP contribution is -2.66. The molecule has 0 saturated carbocycles. The van der Waals surface area contributed by atoms with Crippen molar-refractivity contribution in [2.75, 3.05) is 26.4 Å². The van der Waals surface area contributed by atoms with Gasteiger partial charge in [0.15, 0.2) is 18.9 Å². The molecule has 12 N–H and O–H groups in total. The van der Waals surface area contributed by atoms with Crippen LogP contribution in [0.4, 0.5) is 0 Å². The summed E-state index contributed by atoms with van der Waals surface area (Å²) < 4.78 is 34.5. The molecule has 3 saturated heterocycles. The maximum absolute atomic E-state index is 13.5. The van der Waals surface area contributed by atoms with Gasteiger partial charge in [0.2, 0.25) is 5.91 Å². The zero-order valence-corrected chi connectivity index (χ0v) is 58.5. The number of ether oxygens (including phenoxy) is 6. The number of carbonyl (C=O) groups excluding carboxylic acids is 1. The van der Waals surface area contributed by atoms with E-state index in [9.17, 15) is 61.0 Å². The molecule has 3 aliphatic rings. The molecule has 93 heavy (non-hydrogen) atoms. The average Bonchev–Trinajstić information content (AvgIpc) is 0.900. The lowest BCUT2D eigenvalue weighted by atomic mass is 9.96. The smallest absolute Gasteiger partial charge is 0.220 e. The first-order chi connectivity index (χ1) is 45.3. The van der Waals surface area contributed by atoms with Crippen LogP contribution in [0, 0.1) is 0 Å². The average molecular weight is 1330 g/mol. The second-order valence-electron chi connectivity index (χ2n) is 27.8. The van der Waals surface area contributed by atoms with E-state index in [-0.39, 0.29) is 18.9 Å². The van der Waals surface area contributed by atoms with Crippen LogP contribution in [0.5, 0.6) is 0 Å². The van der Waals surface area contributed by atoms with Crippen LogP contribution in [0.15, 0.2) is 12.2 Å². The third kappa shape index (κ3) is 37.5. The zero-order valence-electron chi connectivity index (χ0n) is 58.5. The SMILES string of the molecule is CCCCCCCCCC/C=C\CCCCCCCCCCCCCCCCCCCCCC(=O)NC(COC1OC(CO)C(OC2OC(CO)C(OC3OC(CO)C(O)C(O)C3O)C(O)C2O)C(O)C1O)C(O)CCCCCCCCCCCCCCCCCCC. The van der Waals surface area contributed by atoms with Crippen molar-refractivity contribution in [1.82, 2.24) is 5.32 Å². The first kappa shape index (κ1) is 85.8. The van der Waals surface area contributed by atoms with E-state index in [1.54, 1.807) is 0 Å². The summed E-state index contributed by atoms with van der Waals surface area (Å²) in [6, 6.07) is -0.884. The van der Waals surface area contributed by atoms with E-state index in [1.165, 1.54) is 244 Å². The van der Waals surface area contributed by atoms with E-state index >= 15 is 0 Å². The van der Waals surface area contributed by atoms with Gasteiger partial charge >= 0.3 is 0 Å². The Morgan fingerprint density at radius 1 is 0.376 bits per heavy atom. The Bertz CT molecular complexity index is 1730. The van der Waals surface area contributed by atoms with E-state index in [0.717, 1.165) is 44.9 Å². The number of aliphatic hydroxyl groups excluding tert-OH is 11. The number of nitrogens with one attached hydrogen (secondary N) is 1. The molecule has 19 heteroatoms. The Hall–Kier alpha value is -1.47. The highest BCUT2D eigenvalue weighted by atomic mass is 16.8. The van der Waals surface area contributed by atoms with Crippen LogP contribution >= 0.6 is 0 Å². The third-order valence-corrected chi connectivity index (χ3v) is 19.6. The molecule has 17 atom stereocenters. The van der Waals surface area contributed by atoms with Crippen LogP contribution in [0.3, 0.4) is 0 Å². The fourth-order valence-electron chi connectivity index (χ4n) is 13.4. The molecule has 1 amide bonds. The monoisotopic (exact) mass is 1330 g/mol. The van der Waals surface area contributed by atoms with Crippen LogP contribution in [-0.4, -0.2) is 193 Å². The first-order valence-corrected chi connectivity index (χ1v) is 38.4. The fourth-order valence-corrected chi connectivity index (χ4v) is 13.4. The molecule has 0 aromatic rings. The Morgan fingerprint density at radius 3 is 1.04 bits per heavy atom. The minimum Gasteiger partial charge on any atom is -0.394 e. The maximum atomic E-state index is 13.5. The van der Waals surface area contributed by atoms with E-state index in [1.807, 2.05) is 0 Å².